The summed E-state index contributed by atoms with van der Waals surface area (Å²) in [5.41, 5.74) is 3.14. The maximum atomic E-state index is 13.3. The number of allylic oxidation sites excluding steroid dienone is 2. The number of hydrogen-bond donors (Lipinski definition) is 0. The van der Waals surface area contributed by atoms with E-state index in [1.807, 2.05) is 42.5 Å². The zero-order valence-electron chi connectivity index (χ0n) is 20.9. The Morgan fingerprint density at radius 1 is 1.21 bits per heavy atom. The number of likely N-dealkylation sites (N-methyl/N-ethyl adjacent to an activating group) is 1. The zero-order chi connectivity index (χ0) is 24.5. The molecule has 2 aromatic rings. The Bertz CT molecular complexity index is 1110. The second-order valence-corrected chi connectivity index (χ2v) is 11.0. The van der Waals surface area contributed by atoms with Crippen molar-refractivity contribution in [2.75, 3.05) is 18.5 Å². The molecule has 34 heavy (non-hydrogen) atoms. The minimum absolute atomic E-state index is 0.0580. The second-order valence-electron chi connectivity index (χ2n) is 9.66. The maximum Gasteiger partial charge on any atom is 0.222 e. The summed E-state index contributed by atoms with van der Waals surface area (Å²) in [7, 11) is 2.02. The van der Waals surface area contributed by atoms with Gasteiger partial charge in [0, 0.05) is 49.4 Å². The van der Waals surface area contributed by atoms with Gasteiger partial charge in [0.05, 0.1) is 11.8 Å². The Hall–Kier alpha value is -2.61. The van der Waals surface area contributed by atoms with E-state index in [0.717, 1.165) is 48.2 Å². The third kappa shape index (κ3) is 4.65. The molecule has 4 rings (SSSR count). The molecule has 1 aromatic heterocycles. The van der Waals surface area contributed by atoms with E-state index in [-0.39, 0.29) is 22.4 Å². The molecule has 2 aliphatic heterocycles. The number of aromatic nitrogens is 3. The minimum Gasteiger partial charge on any atom is -0.347 e. The van der Waals surface area contributed by atoms with Crippen molar-refractivity contribution in [1.29, 1.82) is 0 Å². The van der Waals surface area contributed by atoms with E-state index in [1.165, 1.54) is 17.3 Å². The topological polar surface area (TPSA) is 71.3 Å². The van der Waals surface area contributed by atoms with E-state index in [4.69, 9.17) is 0 Å². The fourth-order valence-electron chi connectivity index (χ4n) is 4.94. The maximum absolute atomic E-state index is 13.3. The van der Waals surface area contributed by atoms with Crippen LogP contribution in [-0.4, -0.2) is 50.2 Å². The average molecular weight is 482 g/mol. The lowest BCUT2D eigenvalue weighted by atomic mass is 9.83. The third-order valence-electron chi connectivity index (χ3n) is 7.02. The van der Waals surface area contributed by atoms with Crippen molar-refractivity contribution in [2.45, 2.75) is 82.3 Å². The smallest absolute Gasteiger partial charge is 0.222 e. The van der Waals surface area contributed by atoms with Gasteiger partial charge in [0.15, 0.2) is 16.8 Å². The van der Waals surface area contributed by atoms with Gasteiger partial charge in [-0.1, -0.05) is 50.2 Å². The Labute approximate surface area is 206 Å². The van der Waals surface area contributed by atoms with E-state index < -0.39 is 0 Å². The van der Waals surface area contributed by atoms with Crippen molar-refractivity contribution >= 4 is 29.1 Å². The van der Waals surface area contributed by atoms with Gasteiger partial charge in [-0.15, -0.1) is 10.2 Å². The van der Waals surface area contributed by atoms with Crippen LogP contribution in [0, 0.1) is 0 Å². The van der Waals surface area contributed by atoms with Crippen molar-refractivity contribution < 1.29 is 9.59 Å². The summed E-state index contributed by atoms with van der Waals surface area (Å²) in [6.45, 7) is 10.2. The third-order valence-corrected chi connectivity index (χ3v) is 8.11. The molecule has 182 valence electrons. The summed E-state index contributed by atoms with van der Waals surface area (Å²) >= 11 is 1.43. The number of ketones is 1. The molecular formula is C26H35N5O2S. The van der Waals surface area contributed by atoms with E-state index in [0.29, 0.717) is 19.5 Å². The number of anilines is 1. The van der Waals surface area contributed by atoms with Gasteiger partial charge in [0.1, 0.15) is 0 Å². The first-order valence-electron chi connectivity index (χ1n) is 12.2. The highest BCUT2D eigenvalue weighted by Crippen LogP contribution is 2.46. The standard InChI is InChI=1S/C26H35N5O2S/c1-6-31-23(17-30-15-11-7-8-14-24(30)33)27-28-25(31)34-18(2)21(32)16-22-26(3,4)19-12-9-10-13-20(19)29(22)5/h9-10,12-13,16,18H,6-8,11,14-15,17H2,1-5H3/b22-16+/t18-/m0/s1. The number of carbonyl (C=O) groups is 2. The number of amides is 1. The van der Waals surface area contributed by atoms with Crippen LogP contribution in [0.4, 0.5) is 5.69 Å². The van der Waals surface area contributed by atoms with E-state index in [2.05, 4.69) is 41.1 Å². The van der Waals surface area contributed by atoms with Crippen LogP contribution in [-0.2, 0) is 28.1 Å². The Morgan fingerprint density at radius 3 is 2.71 bits per heavy atom. The molecule has 7 nitrogen and oxygen atoms in total. The highest BCUT2D eigenvalue weighted by molar-refractivity contribution is 8.00. The first kappa shape index (κ1) is 24.5. The first-order valence-corrected chi connectivity index (χ1v) is 13.1. The molecule has 0 radical (unpaired) electrons. The van der Waals surface area contributed by atoms with Crippen molar-refractivity contribution in [3.05, 3.63) is 47.4 Å². The number of para-hydroxylation sites is 1. The van der Waals surface area contributed by atoms with Gasteiger partial charge < -0.3 is 14.4 Å². The number of benzene rings is 1. The number of thioether (sulfide) groups is 1. The molecule has 0 N–H and O–H groups in total. The lowest BCUT2D eigenvalue weighted by Crippen LogP contribution is -2.31. The molecule has 3 heterocycles. The number of nitrogens with zero attached hydrogens (tertiary/aromatic N) is 5. The van der Waals surface area contributed by atoms with Gasteiger partial charge in [-0.05, 0) is 38.3 Å². The Morgan fingerprint density at radius 2 is 1.97 bits per heavy atom. The molecule has 2 aliphatic rings. The highest BCUT2D eigenvalue weighted by atomic mass is 32.2. The summed E-state index contributed by atoms with van der Waals surface area (Å²) in [6.07, 6.45) is 5.49. The molecular weight excluding hydrogens is 446 g/mol. The number of carbonyl (C=O) groups excluding carboxylic acids is 2. The van der Waals surface area contributed by atoms with Gasteiger partial charge in [-0.3, -0.25) is 9.59 Å². The predicted octanol–water partition coefficient (Wildman–Crippen LogP) is 4.56. The van der Waals surface area contributed by atoms with Gasteiger partial charge >= 0.3 is 0 Å². The largest absolute Gasteiger partial charge is 0.347 e. The van der Waals surface area contributed by atoms with E-state index in [1.54, 1.807) is 6.08 Å². The first-order chi connectivity index (χ1) is 16.2. The van der Waals surface area contributed by atoms with Crippen LogP contribution >= 0.6 is 11.8 Å². The van der Waals surface area contributed by atoms with Gasteiger partial charge in [0.25, 0.3) is 0 Å². The summed E-state index contributed by atoms with van der Waals surface area (Å²) in [5, 5.41) is 9.19. The molecule has 1 saturated heterocycles. The molecule has 1 aromatic carbocycles. The zero-order valence-corrected chi connectivity index (χ0v) is 21.7. The van der Waals surface area contributed by atoms with Crippen molar-refractivity contribution in [3.63, 3.8) is 0 Å². The fourth-order valence-corrected chi connectivity index (χ4v) is 5.89. The van der Waals surface area contributed by atoms with Crippen LogP contribution < -0.4 is 4.90 Å². The lowest BCUT2D eigenvalue weighted by molar-refractivity contribution is -0.131. The normalized spacial score (nSPS) is 19.9. The number of rotatable bonds is 7. The van der Waals surface area contributed by atoms with Crippen LogP contribution in [0.15, 0.2) is 41.2 Å². The van der Waals surface area contributed by atoms with Crippen LogP contribution in [0.2, 0.25) is 0 Å². The molecule has 1 atom stereocenters. The molecule has 8 heteroatoms. The van der Waals surface area contributed by atoms with E-state index >= 15 is 0 Å². The van der Waals surface area contributed by atoms with Gasteiger partial charge in [-0.25, -0.2) is 0 Å². The van der Waals surface area contributed by atoms with Crippen LogP contribution in [0.1, 0.15) is 64.8 Å². The predicted molar refractivity (Wildman–Crippen MR) is 136 cm³/mol. The molecule has 0 saturated carbocycles. The minimum atomic E-state index is -0.303. The number of hydrogen-bond acceptors (Lipinski definition) is 6. The van der Waals surface area contributed by atoms with Crippen LogP contribution in [0.5, 0.6) is 0 Å². The molecule has 1 fully saturated rings. The highest BCUT2D eigenvalue weighted by Gasteiger charge is 2.39. The van der Waals surface area contributed by atoms with Crippen LogP contribution in [0.3, 0.4) is 0 Å². The average Bonchev–Trinajstić information content (AvgIpc) is 3.18. The second kappa shape index (κ2) is 9.94. The summed E-state index contributed by atoms with van der Waals surface area (Å²) in [5.74, 6) is 1.03. The molecule has 0 aliphatic carbocycles. The number of likely N-dealkylation sites (tertiary alicyclic amines) is 1. The molecule has 0 spiro atoms. The van der Waals surface area contributed by atoms with Crippen molar-refractivity contribution in [1.82, 2.24) is 19.7 Å². The van der Waals surface area contributed by atoms with Gasteiger partial charge in [0.2, 0.25) is 5.91 Å². The quantitative estimate of drug-likeness (QED) is 0.426. The SMILES string of the molecule is CCn1c(CN2CCCCCC2=O)nnc1S[C@@H](C)C(=O)/C=C1/N(C)c2ccccc2C1(C)C. The Kier molecular flexibility index (Phi) is 7.17. The number of fused-ring (bicyclic) bond motifs is 1. The van der Waals surface area contributed by atoms with Gasteiger partial charge in [-0.2, -0.15) is 0 Å². The molecule has 0 unspecified atom stereocenters. The van der Waals surface area contributed by atoms with E-state index in [9.17, 15) is 9.59 Å². The monoisotopic (exact) mass is 481 g/mol. The molecule has 0 bridgehead atoms. The molecule has 1 amide bonds. The van der Waals surface area contributed by atoms with Crippen molar-refractivity contribution in [3.8, 4) is 0 Å². The fraction of sp³-hybridized carbons (Fsp3) is 0.538. The van der Waals surface area contributed by atoms with Crippen LogP contribution in [0.25, 0.3) is 0 Å². The van der Waals surface area contributed by atoms with Crippen molar-refractivity contribution in [2.24, 2.45) is 0 Å². The Balaban J connectivity index is 1.49. The summed E-state index contributed by atoms with van der Waals surface area (Å²) < 4.78 is 2.03. The lowest BCUT2D eigenvalue weighted by Gasteiger charge is -2.24. The summed E-state index contributed by atoms with van der Waals surface area (Å²) in [4.78, 5) is 29.7. The summed E-state index contributed by atoms with van der Waals surface area (Å²) in [6, 6.07) is 8.31.